The fourth-order valence-corrected chi connectivity index (χ4v) is 5.31. The van der Waals surface area contributed by atoms with Gasteiger partial charge in [0, 0.05) is 17.2 Å². The van der Waals surface area contributed by atoms with Gasteiger partial charge >= 0.3 is 5.97 Å². The third-order valence-electron chi connectivity index (χ3n) is 6.96. The minimum Gasteiger partial charge on any atom is -0.465 e. The van der Waals surface area contributed by atoms with E-state index in [2.05, 4.69) is 4.57 Å². The van der Waals surface area contributed by atoms with Crippen molar-refractivity contribution in [3.8, 4) is 11.3 Å². The number of nitrogens with zero attached hydrogens (tertiary/aromatic N) is 3. The average Bonchev–Trinajstić information content (AvgIpc) is 3.64. The maximum atomic E-state index is 14.0. The van der Waals surface area contributed by atoms with E-state index in [4.69, 9.17) is 9.72 Å². The fourth-order valence-electron chi connectivity index (χ4n) is 5.31. The number of carbonyl (C=O) groups is 2. The molecule has 0 saturated heterocycles. The van der Waals surface area contributed by atoms with Gasteiger partial charge in [-0.25, -0.2) is 9.78 Å². The van der Waals surface area contributed by atoms with E-state index in [0.29, 0.717) is 28.6 Å². The Morgan fingerprint density at radius 3 is 2.23 bits per heavy atom. The van der Waals surface area contributed by atoms with E-state index < -0.39 is 5.97 Å². The second kappa shape index (κ2) is 8.55. The summed E-state index contributed by atoms with van der Waals surface area (Å²) in [5.41, 5.74) is 4.81. The van der Waals surface area contributed by atoms with Crippen molar-refractivity contribution in [3.63, 3.8) is 0 Å². The quantitative estimate of drug-likeness (QED) is 0.234. The summed E-state index contributed by atoms with van der Waals surface area (Å²) in [6.45, 7) is 0. The minimum atomic E-state index is -0.409. The summed E-state index contributed by atoms with van der Waals surface area (Å²) in [5, 5.41) is 0. The molecule has 3 aromatic carbocycles. The Labute approximate surface area is 202 Å². The van der Waals surface area contributed by atoms with Crippen LogP contribution in [0.1, 0.15) is 58.1 Å². The van der Waals surface area contributed by atoms with Gasteiger partial charge in [-0.3, -0.25) is 9.20 Å². The van der Waals surface area contributed by atoms with E-state index in [0.717, 1.165) is 35.2 Å². The van der Waals surface area contributed by atoms with Crippen LogP contribution in [-0.2, 0) is 4.74 Å². The van der Waals surface area contributed by atoms with Gasteiger partial charge in [0.05, 0.1) is 23.7 Å². The molecule has 0 radical (unpaired) electrons. The lowest BCUT2D eigenvalue weighted by molar-refractivity contribution is 0.0600. The highest BCUT2D eigenvalue weighted by Gasteiger charge is 2.30. The van der Waals surface area contributed by atoms with Gasteiger partial charge in [-0.05, 0) is 31.0 Å². The molecule has 2 aromatic heterocycles. The van der Waals surface area contributed by atoms with Gasteiger partial charge in [0.25, 0.3) is 0 Å². The number of aromatic nitrogens is 3. The largest absolute Gasteiger partial charge is 0.465 e. The number of benzene rings is 3. The predicted octanol–water partition coefficient (Wildman–Crippen LogP) is 6.09. The van der Waals surface area contributed by atoms with Crippen LogP contribution in [-0.4, -0.2) is 32.8 Å². The van der Waals surface area contributed by atoms with E-state index in [-0.39, 0.29) is 5.78 Å². The molecular weight excluding hydrogens is 438 g/mol. The SMILES string of the molecule is COC(=O)c1ccc2c(c1)n1c(C(=O)c3ccccc3)c(-c3ccccc3)nc1n2C1CCCC1. The van der Waals surface area contributed by atoms with Crippen LogP contribution < -0.4 is 0 Å². The first-order valence-corrected chi connectivity index (χ1v) is 12.0. The van der Waals surface area contributed by atoms with Gasteiger partial charge in [-0.15, -0.1) is 0 Å². The number of hydrogen-bond acceptors (Lipinski definition) is 4. The predicted molar refractivity (Wildman–Crippen MR) is 135 cm³/mol. The zero-order valence-corrected chi connectivity index (χ0v) is 19.5. The summed E-state index contributed by atoms with van der Waals surface area (Å²) in [5.74, 6) is 0.214. The molecule has 0 unspecified atom stereocenters. The molecule has 6 rings (SSSR count). The molecule has 0 aliphatic heterocycles. The molecule has 0 N–H and O–H groups in total. The molecule has 1 aliphatic carbocycles. The fraction of sp³-hybridized carbons (Fsp3) is 0.207. The molecule has 6 nitrogen and oxygen atoms in total. The van der Waals surface area contributed by atoms with Crippen LogP contribution in [0.2, 0.25) is 0 Å². The van der Waals surface area contributed by atoms with Crippen LogP contribution >= 0.6 is 0 Å². The normalized spacial score (nSPS) is 14.1. The lowest BCUT2D eigenvalue weighted by atomic mass is 10.0. The number of methoxy groups -OCH3 is 1. The van der Waals surface area contributed by atoms with Crippen molar-refractivity contribution < 1.29 is 14.3 Å². The van der Waals surface area contributed by atoms with Crippen molar-refractivity contribution in [3.05, 3.63) is 95.7 Å². The van der Waals surface area contributed by atoms with Gasteiger partial charge in [0.1, 0.15) is 11.4 Å². The lowest BCUT2D eigenvalue weighted by Gasteiger charge is -2.13. The van der Waals surface area contributed by atoms with Gasteiger partial charge in [-0.1, -0.05) is 73.5 Å². The van der Waals surface area contributed by atoms with Crippen LogP contribution in [0.5, 0.6) is 0 Å². The highest BCUT2D eigenvalue weighted by atomic mass is 16.5. The third kappa shape index (κ3) is 3.44. The number of esters is 1. The lowest BCUT2D eigenvalue weighted by Crippen LogP contribution is -2.07. The van der Waals surface area contributed by atoms with Crippen molar-refractivity contribution in [1.82, 2.24) is 14.0 Å². The first-order valence-electron chi connectivity index (χ1n) is 12.0. The molecule has 1 fully saturated rings. The summed E-state index contributed by atoms with van der Waals surface area (Å²) in [7, 11) is 1.38. The van der Waals surface area contributed by atoms with Crippen molar-refractivity contribution in [2.24, 2.45) is 0 Å². The highest BCUT2D eigenvalue weighted by molar-refractivity contribution is 6.13. The first-order chi connectivity index (χ1) is 17.2. The van der Waals surface area contributed by atoms with E-state index in [1.807, 2.05) is 77.2 Å². The topological polar surface area (TPSA) is 65.6 Å². The van der Waals surface area contributed by atoms with Crippen molar-refractivity contribution in [2.45, 2.75) is 31.7 Å². The zero-order valence-electron chi connectivity index (χ0n) is 19.5. The maximum absolute atomic E-state index is 14.0. The Morgan fingerprint density at radius 1 is 0.857 bits per heavy atom. The van der Waals surface area contributed by atoms with Crippen LogP contribution in [0.15, 0.2) is 78.9 Å². The molecule has 35 heavy (non-hydrogen) atoms. The second-order valence-corrected chi connectivity index (χ2v) is 9.01. The Bertz CT molecular complexity index is 1560. The van der Waals surface area contributed by atoms with Crippen molar-refractivity contribution in [2.75, 3.05) is 7.11 Å². The van der Waals surface area contributed by atoms with Gasteiger partial charge < -0.3 is 9.30 Å². The van der Waals surface area contributed by atoms with E-state index in [1.54, 1.807) is 6.07 Å². The summed E-state index contributed by atoms with van der Waals surface area (Å²) in [4.78, 5) is 31.5. The number of fused-ring (bicyclic) bond motifs is 3. The molecule has 0 amide bonds. The molecule has 1 saturated carbocycles. The summed E-state index contributed by atoms with van der Waals surface area (Å²) in [6, 6.07) is 24.9. The molecule has 0 atom stereocenters. The van der Waals surface area contributed by atoms with Crippen molar-refractivity contribution in [1.29, 1.82) is 0 Å². The number of hydrogen-bond donors (Lipinski definition) is 0. The van der Waals surface area contributed by atoms with Crippen LogP contribution in [0.4, 0.5) is 0 Å². The van der Waals surface area contributed by atoms with Crippen LogP contribution in [0, 0.1) is 0 Å². The molecule has 1 aliphatic rings. The molecule has 6 heteroatoms. The molecule has 5 aromatic rings. The molecule has 174 valence electrons. The second-order valence-electron chi connectivity index (χ2n) is 9.01. The highest BCUT2D eigenvalue weighted by Crippen LogP contribution is 2.38. The summed E-state index contributed by atoms with van der Waals surface area (Å²) in [6.07, 6.45) is 4.46. The third-order valence-corrected chi connectivity index (χ3v) is 6.96. The van der Waals surface area contributed by atoms with E-state index >= 15 is 0 Å². The zero-order chi connectivity index (χ0) is 23.9. The molecule has 0 spiro atoms. The van der Waals surface area contributed by atoms with Gasteiger partial charge in [0.2, 0.25) is 11.6 Å². The number of ether oxygens (including phenoxy) is 1. The van der Waals surface area contributed by atoms with E-state index in [1.165, 1.54) is 20.0 Å². The van der Waals surface area contributed by atoms with Crippen molar-refractivity contribution >= 4 is 28.6 Å². The standard InChI is InChI=1S/C29H25N3O3/c1-35-28(34)21-16-17-23-24(18-21)32-26(27(33)20-12-6-3-7-13-20)25(19-10-4-2-5-11-19)30-29(32)31(23)22-14-8-9-15-22/h2-7,10-13,16-18,22H,8-9,14-15H2,1H3. The van der Waals surface area contributed by atoms with Gasteiger partial charge in [-0.2, -0.15) is 0 Å². The number of rotatable bonds is 5. The smallest absolute Gasteiger partial charge is 0.337 e. The monoisotopic (exact) mass is 463 g/mol. The van der Waals surface area contributed by atoms with Crippen LogP contribution in [0.3, 0.4) is 0 Å². The Hall–Kier alpha value is -4.19. The molecule has 0 bridgehead atoms. The Morgan fingerprint density at radius 2 is 1.54 bits per heavy atom. The van der Waals surface area contributed by atoms with E-state index in [9.17, 15) is 9.59 Å². The first kappa shape index (κ1) is 21.4. The molecule has 2 heterocycles. The average molecular weight is 464 g/mol. The molecular formula is C29H25N3O3. The summed E-state index contributed by atoms with van der Waals surface area (Å²) >= 11 is 0. The number of ketones is 1. The number of imidazole rings is 2. The Balaban J connectivity index is 1.73. The van der Waals surface area contributed by atoms with Crippen LogP contribution in [0.25, 0.3) is 28.1 Å². The Kier molecular flexibility index (Phi) is 5.21. The minimum absolute atomic E-state index is 0.106. The number of carbonyl (C=O) groups excluding carboxylic acids is 2. The van der Waals surface area contributed by atoms with Gasteiger partial charge in [0.15, 0.2) is 0 Å². The maximum Gasteiger partial charge on any atom is 0.337 e. The summed E-state index contributed by atoms with van der Waals surface area (Å²) < 4.78 is 9.19.